The molecule has 0 radical (unpaired) electrons. The maximum atomic E-state index is 11.7. The lowest BCUT2D eigenvalue weighted by atomic mass is 10.2. The van der Waals surface area contributed by atoms with Gasteiger partial charge in [0.1, 0.15) is 5.75 Å². The molecule has 1 amide bonds. The molecular weight excluding hydrogens is 216 g/mol. The van der Waals surface area contributed by atoms with Crippen molar-refractivity contribution in [2.24, 2.45) is 0 Å². The van der Waals surface area contributed by atoms with E-state index in [1.54, 1.807) is 18.0 Å². The maximum Gasteiger partial charge on any atom is 0.260 e. The van der Waals surface area contributed by atoms with Crippen molar-refractivity contribution in [3.8, 4) is 5.75 Å². The van der Waals surface area contributed by atoms with E-state index < -0.39 is 0 Å². The number of amides is 1. The molecular formula is C13H20N2O2. The highest BCUT2D eigenvalue weighted by Crippen LogP contribution is 2.25. The van der Waals surface area contributed by atoms with Crippen LogP contribution in [0.5, 0.6) is 5.75 Å². The summed E-state index contributed by atoms with van der Waals surface area (Å²) in [5.41, 5.74) is 7.29. The van der Waals surface area contributed by atoms with Gasteiger partial charge in [-0.25, -0.2) is 0 Å². The van der Waals surface area contributed by atoms with Crippen LogP contribution in [0.3, 0.4) is 0 Å². The Labute approximate surface area is 102 Å². The first-order chi connectivity index (χ1) is 7.93. The van der Waals surface area contributed by atoms with Crippen LogP contribution in [0.25, 0.3) is 0 Å². The molecule has 0 aliphatic carbocycles. The van der Waals surface area contributed by atoms with Crippen LogP contribution >= 0.6 is 0 Å². The second-order valence-electron chi connectivity index (χ2n) is 4.38. The fourth-order valence-corrected chi connectivity index (χ4v) is 1.40. The zero-order chi connectivity index (χ0) is 13.0. The van der Waals surface area contributed by atoms with Gasteiger partial charge in [-0.3, -0.25) is 4.79 Å². The first-order valence-electron chi connectivity index (χ1n) is 5.67. The predicted octanol–water partition coefficient (Wildman–Crippen LogP) is 1.82. The largest absolute Gasteiger partial charge is 0.481 e. The van der Waals surface area contributed by atoms with Crippen LogP contribution in [-0.4, -0.2) is 30.5 Å². The van der Waals surface area contributed by atoms with Crippen LogP contribution in [0.2, 0.25) is 0 Å². The van der Waals surface area contributed by atoms with Crippen molar-refractivity contribution in [3.63, 3.8) is 0 Å². The minimum atomic E-state index is -0.0531. The Hall–Kier alpha value is -1.71. The Balaban J connectivity index is 2.65. The monoisotopic (exact) mass is 236 g/mol. The molecule has 0 aromatic heterocycles. The summed E-state index contributed by atoms with van der Waals surface area (Å²) < 4.78 is 5.48. The van der Waals surface area contributed by atoms with Gasteiger partial charge in [0.15, 0.2) is 6.61 Å². The zero-order valence-corrected chi connectivity index (χ0v) is 10.9. The van der Waals surface area contributed by atoms with Crippen molar-refractivity contribution in [1.29, 1.82) is 0 Å². The number of para-hydroxylation sites is 1. The van der Waals surface area contributed by atoms with E-state index in [-0.39, 0.29) is 18.6 Å². The summed E-state index contributed by atoms with van der Waals surface area (Å²) in [5.74, 6) is 0.542. The van der Waals surface area contributed by atoms with Crippen LogP contribution in [0.15, 0.2) is 18.2 Å². The van der Waals surface area contributed by atoms with Crippen molar-refractivity contribution in [2.45, 2.75) is 26.8 Å². The number of hydrogen-bond donors (Lipinski definition) is 1. The fraction of sp³-hybridized carbons (Fsp3) is 0.462. The molecule has 1 rings (SSSR count). The van der Waals surface area contributed by atoms with Crippen LogP contribution in [0.4, 0.5) is 5.69 Å². The lowest BCUT2D eigenvalue weighted by Crippen LogP contribution is -2.36. The minimum absolute atomic E-state index is 0.0176. The van der Waals surface area contributed by atoms with Crippen molar-refractivity contribution in [2.75, 3.05) is 19.4 Å². The standard InChI is InChI=1S/C13H20N2O2/c1-9(2)15(4)12(16)8-17-13-10(3)6-5-7-11(13)14/h5-7,9H,8,14H2,1-4H3. The second kappa shape index (κ2) is 5.57. The Morgan fingerprint density at radius 3 is 2.65 bits per heavy atom. The van der Waals surface area contributed by atoms with Crippen LogP contribution in [0, 0.1) is 6.92 Å². The summed E-state index contributed by atoms with van der Waals surface area (Å²) in [7, 11) is 1.76. The molecule has 1 aromatic carbocycles. The number of rotatable bonds is 4. The first kappa shape index (κ1) is 13.4. The van der Waals surface area contributed by atoms with Gasteiger partial charge in [-0.1, -0.05) is 12.1 Å². The number of ether oxygens (including phenoxy) is 1. The van der Waals surface area contributed by atoms with Crippen LogP contribution in [0.1, 0.15) is 19.4 Å². The van der Waals surface area contributed by atoms with E-state index >= 15 is 0 Å². The Morgan fingerprint density at radius 1 is 1.47 bits per heavy atom. The van der Waals surface area contributed by atoms with Crippen LogP contribution in [-0.2, 0) is 4.79 Å². The molecule has 0 atom stereocenters. The molecule has 0 saturated heterocycles. The molecule has 2 N–H and O–H groups in total. The van der Waals surface area contributed by atoms with Crippen molar-refractivity contribution in [3.05, 3.63) is 23.8 Å². The molecule has 17 heavy (non-hydrogen) atoms. The topological polar surface area (TPSA) is 55.6 Å². The van der Waals surface area contributed by atoms with Gasteiger partial charge in [-0.15, -0.1) is 0 Å². The number of anilines is 1. The molecule has 1 aromatic rings. The Morgan fingerprint density at radius 2 is 2.12 bits per heavy atom. The van der Waals surface area contributed by atoms with E-state index in [2.05, 4.69) is 0 Å². The quantitative estimate of drug-likeness (QED) is 0.811. The highest BCUT2D eigenvalue weighted by molar-refractivity contribution is 5.78. The number of benzene rings is 1. The lowest BCUT2D eigenvalue weighted by Gasteiger charge is -2.22. The van der Waals surface area contributed by atoms with Crippen molar-refractivity contribution < 1.29 is 9.53 Å². The van der Waals surface area contributed by atoms with Gasteiger partial charge in [0, 0.05) is 13.1 Å². The molecule has 4 heteroatoms. The van der Waals surface area contributed by atoms with E-state index in [4.69, 9.17) is 10.5 Å². The molecule has 0 bridgehead atoms. The van der Waals surface area contributed by atoms with Gasteiger partial charge in [0.05, 0.1) is 5.69 Å². The van der Waals surface area contributed by atoms with E-state index in [9.17, 15) is 4.79 Å². The molecule has 0 saturated carbocycles. The number of nitrogen functional groups attached to an aromatic ring is 1. The number of nitrogens with zero attached hydrogens (tertiary/aromatic N) is 1. The Bertz CT molecular complexity index is 382. The van der Waals surface area contributed by atoms with Crippen molar-refractivity contribution in [1.82, 2.24) is 4.90 Å². The molecule has 0 aliphatic heterocycles. The number of likely N-dealkylation sites (N-methyl/N-ethyl adjacent to an activating group) is 1. The van der Waals surface area contributed by atoms with Gasteiger partial charge in [0.2, 0.25) is 0 Å². The predicted molar refractivity (Wildman–Crippen MR) is 69.0 cm³/mol. The second-order valence-corrected chi connectivity index (χ2v) is 4.38. The number of aryl methyl sites for hydroxylation is 1. The number of hydrogen-bond acceptors (Lipinski definition) is 3. The minimum Gasteiger partial charge on any atom is -0.481 e. The smallest absolute Gasteiger partial charge is 0.260 e. The summed E-state index contributed by atoms with van der Waals surface area (Å²) in [6.07, 6.45) is 0. The summed E-state index contributed by atoms with van der Waals surface area (Å²) >= 11 is 0. The van der Waals surface area contributed by atoms with Gasteiger partial charge in [0.25, 0.3) is 5.91 Å². The van der Waals surface area contributed by atoms with Gasteiger partial charge >= 0.3 is 0 Å². The molecule has 94 valence electrons. The third-order valence-electron chi connectivity index (χ3n) is 2.75. The average molecular weight is 236 g/mol. The molecule has 0 spiro atoms. The van der Waals surface area contributed by atoms with E-state index in [1.165, 1.54) is 0 Å². The van der Waals surface area contributed by atoms with Crippen LogP contribution < -0.4 is 10.5 Å². The van der Waals surface area contributed by atoms with Gasteiger partial charge < -0.3 is 15.4 Å². The molecule has 0 unspecified atom stereocenters. The summed E-state index contributed by atoms with van der Waals surface area (Å²) in [5, 5.41) is 0. The van der Waals surface area contributed by atoms with E-state index in [0.29, 0.717) is 11.4 Å². The third-order valence-corrected chi connectivity index (χ3v) is 2.75. The summed E-state index contributed by atoms with van der Waals surface area (Å²) in [6.45, 7) is 5.84. The number of nitrogens with two attached hydrogens (primary N) is 1. The summed E-state index contributed by atoms with van der Waals surface area (Å²) in [4.78, 5) is 13.4. The maximum absolute atomic E-state index is 11.7. The molecule has 4 nitrogen and oxygen atoms in total. The Kier molecular flexibility index (Phi) is 4.37. The van der Waals surface area contributed by atoms with Gasteiger partial charge in [-0.05, 0) is 32.4 Å². The van der Waals surface area contributed by atoms with E-state index in [1.807, 2.05) is 32.9 Å². The third kappa shape index (κ3) is 3.37. The first-order valence-corrected chi connectivity index (χ1v) is 5.67. The van der Waals surface area contributed by atoms with Crippen molar-refractivity contribution >= 4 is 11.6 Å². The normalized spacial score (nSPS) is 10.4. The SMILES string of the molecule is Cc1cccc(N)c1OCC(=O)N(C)C(C)C. The molecule has 0 fully saturated rings. The summed E-state index contributed by atoms with van der Waals surface area (Å²) in [6, 6.07) is 5.70. The highest BCUT2D eigenvalue weighted by Gasteiger charge is 2.13. The fourth-order valence-electron chi connectivity index (χ4n) is 1.40. The molecule has 0 heterocycles. The average Bonchev–Trinajstić information content (AvgIpc) is 2.26. The zero-order valence-electron chi connectivity index (χ0n) is 10.9. The number of carbonyl (C=O) groups excluding carboxylic acids is 1. The number of carbonyl (C=O) groups is 1. The lowest BCUT2D eigenvalue weighted by molar-refractivity contribution is -0.133. The highest BCUT2D eigenvalue weighted by atomic mass is 16.5. The van der Waals surface area contributed by atoms with E-state index in [0.717, 1.165) is 5.56 Å². The van der Waals surface area contributed by atoms with Gasteiger partial charge in [-0.2, -0.15) is 0 Å². The molecule has 0 aliphatic rings.